The molecule has 1 unspecified atom stereocenters. The average molecular weight is 529 g/mol. The van der Waals surface area contributed by atoms with Crippen LogP contribution in [-0.4, -0.2) is 51.3 Å². The SMILES string of the molecule is CCc1cnc(CCNC(=NC)NCC2CCN(c3ccccc3OC)C2)s1.I. The molecule has 2 N–H and O–H groups in total. The van der Waals surface area contributed by atoms with E-state index in [2.05, 4.69) is 44.6 Å². The number of aryl methyl sites for hydroxylation is 1. The van der Waals surface area contributed by atoms with Gasteiger partial charge in [-0.05, 0) is 30.9 Å². The summed E-state index contributed by atoms with van der Waals surface area (Å²) in [6.45, 7) is 6.02. The van der Waals surface area contributed by atoms with Gasteiger partial charge in [0.1, 0.15) is 5.75 Å². The van der Waals surface area contributed by atoms with Crippen LogP contribution in [0.25, 0.3) is 0 Å². The van der Waals surface area contributed by atoms with Crippen LogP contribution in [0.4, 0.5) is 5.69 Å². The van der Waals surface area contributed by atoms with Crippen LogP contribution in [0, 0.1) is 5.92 Å². The standard InChI is InChI=1S/C21H31N5OS.HI/c1-4-17-14-24-20(28-17)9-11-23-21(22-2)25-13-16-10-12-26(15-16)18-7-5-6-8-19(18)27-3;/h5-8,14,16H,4,9-13,15H2,1-3H3,(H2,22,23,25);1H. The Balaban J connectivity index is 0.00000300. The second kappa shape index (κ2) is 12.2. The van der Waals surface area contributed by atoms with E-state index in [0.29, 0.717) is 5.92 Å². The predicted octanol–water partition coefficient (Wildman–Crippen LogP) is 3.57. The Hall–Kier alpha value is -1.55. The summed E-state index contributed by atoms with van der Waals surface area (Å²) < 4.78 is 5.51. The molecule has 0 saturated carbocycles. The lowest BCUT2D eigenvalue weighted by molar-refractivity contribution is 0.414. The monoisotopic (exact) mass is 529 g/mol. The maximum atomic E-state index is 5.51. The molecule has 29 heavy (non-hydrogen) atoms. The summed E-state index contributed by atoms with van der Waals surface area (Å²) in [4.78, 5) is 12.6. The molecule has 8 heteroatoms. The number of nitrogens with zero attached hydrogens (tertiary/aromatic N) is 3. The molecular weight excluding hydrogens is 497 g/mol. The number of benzene rings is 1. The van der Waals surface area contributed by atoms with Crippen molar-refractivity contribution in [1.29, 1.82) is 0 Å². The van der Waals surface area contributed by atoms with Gasteiger partial charge in [0, 0.05) is 50.7 Å². The highest BCUT2D eigenvalue weighted by Crippen LogP contribution is 2.31. The summed E-state index contributed by atoms with van der Waals surface area (Å²) in [6.07, 6.45) is 5.14. The molecule has 1 atom stereocenters. The summed E-state index contributed by atoms with van der Waals surface area (Å²) in [5.41, 5.74) is 1.19. The Morgan fingerprint density at radius 2 is 2.17 bits per heavy atom. The molecule has 1 aromatic heterocycles. The first-order valence-corrected chi connectivity index (χ1v) is 10.8. The van der Waals surface area contributed by atoms with Crippen LogP contribution in [0.3, 0.4) is 0 Å². The largest absolute Gasteiger partial charge is 0.495 e. The van der Waals surface area contributed by atoms with Crippen molar-refractivity contribution in [2.24, 2.45) is 10.9 Å². The minimum atomic E-state index is 0. The molecule has 1 saturated heterocycles. The van der Waals surface area contributed by atoms with Gasteiger partial charge in [-0.3, -0.25) is 4.99 Å². The Labute approximate surface area is 195 Å². The second-order valence-electron chi connectivity index (χ2n) is 6.98. The van der Waals surface area contributed by atoms with Gasteiger partial charge < -0.3 is 20.3 Å². The molecule has 1 aliphatic heterocycles. The van der Waals surface area contributed by atoms with Crippen LogP contribution in [0.2, 0.25) is 0 Å². The molecule has 0 amide bonds. The third kappa shape index (κ3) is 6.74. The van der Waals surface area contributed by atoms with Crippen molar-refractivity contribution < 1.29 is 4.74 Å². The molecular formula is C21H32IN5OS. The van der Waals surface area contributed by atoms with Gasteiger partial charge in [0.2, 0.25) is 0 Å². The fourth-order valence-electron chi connectivity index (χ4n) is 3.49. The highest BCUT2D eigenvalue weighted by molar-refractivity contribution is 14.0. The minimum Gasteiger partial charge on any atom is -0.495 e. The maximum Gasteiger partial charge on any atom is 0.191 e. The molecule has 1 fully saturated rings. The Morgan fingerprint density at radius 1 is 1.34 bits per heavy atom. The van der Waals surface area contributed by atoms with E-state index in [1.54, 1.807) is 18.4 Å². The lowest BCUT2D eigenvalue weighted by Gasteiger charge is -2.21. The Kier molecular flexibility index (Phi) is 9.99. The van der Waals surface area contributed by atoms with Gasteiger partial charge in [0.05, 0.1) is 17.8 Å². The van der Waals surface area contributed by atoms with Crippen LogP contribution < -0.4 is 20.3 Å². The number of aliphatic imine (C=N–C) groups is 1. The fourth-order valence-corrected chi connectivity index (χ4v) is 4.35. The molecule has 2 heterocycles. The quantitative estimate of drug-likeness (QED) is 0.311. The fraction of sp³-hybridized carbons (Fsp3) is 0.524. The van der Waals surface area contributed by atoms with Crippen LogP contribution in [0.5, 0.6) is 5.75 Å². The van der Waals surface area contributed by atoms with Gasteiger partial charge in [0.25, 0.3) is 0 Å². The molecule has 0 bridgehead atoms. The highest BCUT2D eigenvalue weighted by Gasteiger charge is 2.24. The molecule has 2 aromatic rings. The number of aromatic nitrogens is 1. The molecule has 3 rings (SSSR count). The number of halogens is 1. The van der Waals surface area contributed by atoms with Crippen LogP contribution in [0.1, 0.15) is 23.2 Å². The molecule has 0 radical (unpaired) electrons. The zero-order valence-electron chi connectivity index (χ0n) is 17.5. The van der Waals surface area contributed by atoms with Crippen LogP contribution >= 0.6 is 35.3 Å². The number of rotatable bonds is 8. The summed E-state index contributed by atoms with van der Waals surface area (Å²) >= 11 is 1.80. The normalized spacial score (nSPS) is 16.4. The highest BCUT2D eigenvalue weighted by atomic mass is 127. The van der Waals surface area contributed by atoms with E-state index in [-0.39, 0.29) is 24.0 Å². The van der Waals surface area contributed by atoms with Gasteiger partial charge >= 0.3 is 0 Å². The number of para-hydroxylation sites is 2. The molecule has 160 valence electrons. The summed E-state index contributed by atoms with van der Waals surface area (Å²) in [7, 11) is 3.56. The van der Waals surface area contributed by atoms with Gasteiger partial charge in [-0.1, -0.05) is 19.1 Å². The van der Waals surface area contributed by atoms with E-state index in [4.69, 9.17) is 4.74 Å². The minimum absolute atomic E-state index is 0. The Bertz CT molecular complexity index is 782. The first-order valence-electron chi connectivity index (χ1n) is 9.99. The Morgan fingerprint density at radius 3 is 2.90 bits per heavy atom. The first-order chi connectivity index (χ1) is 13.7. The first kappa shape index (κ1) is 23.7. The topological polar surface area (TPSA) is 61.8 Å². The van der Waals surface area contributed by atoms with E-state index in [1.807, 2.05) is 25.4 Å². The van der Waals surface area contributed by atoms with Crippen LogP contribution in [0.15, 0.2) is 35.5 Å². The lowest BCUT2D eigenvalue weighted by Crippen LogP contribution is -2.41. The predicted molar refractivity (Wildman–Crippen MR) is 133 cm³/mol. The zero-order chi connectivity index (χ0) is 19.8. The maximum absolute atomic E-state index is 5.51. The van der Waals surface area contributed by atoms with E-state index >= 15 is 0 Å². The zero-order valence-corrected chi connectivity index (χ0v) is 20.6. The molecule has 0 spiro atoms. The number of thiazole rings is 1. The number of ether oxygens (including phenoxy) is 1. The van der Waals surface area contributed by atoms with Gasteiger partial charge in [0.15, 0.2) is 5.96 Å². The van der Waals surface area contributed by atoms with Crippen molar-refractivity contribution in [3.63, 3.8) is 0 Å². The number of nitrogens with one attached hydrogen (secondary N) is 2. The summed E-state index contributed by atoms with van der Waals surface area (Å²) in [5, 5.41) is 8.06. The molecule has 6 nitrogen and oxygen atoms in total. The van der Waals surface area contributed by atoms with E-state index < -0.39 is 0 Å². The van der Waals surface area contributed by atoms with Crippen molar-refractivity contribution in [3.05, 3.63) is 40.3 Å². The number of hydrogen-bond donors (Lipinski definition) is 2. The van der Waals surface area contributed by atoms with E-state index in [9.17, 15) is 0 Å². The van der Waals surface area contributed by atoms with Crippen molar-refractivity contribution >= 4 is 47.0 Å². The number of guanidine groups is 1. The summed E-state index contributed by atoms with van der Waals surface area (Å²) in [5.74, 6) is 2.40. The average Bonchev–Trinajstić information content (AvgIpc) is 3.40. The molecule has 1 aliphatic rings. The van der Waals surface area contributed by atoms with Crippen molar-refractivity contribution in [3.8, 4) is 5.75 Å². The molecule has 1 aromatic carbocycles. The summed E-state index contributed by atoms with van der Waals surface area (Å²) in [6, 6.07) is 8.25. The number of hydrogen-bond acceptors (Lipinski definition) is 5. The van der Waals surface area contributed by atoms with Crippen molar-refractivity contribution in [2.75, 3.05) is 45.2 Å². The lowest BCUT2D eigenvalue weighted by atomic mass is 10.1. The van der Waals surface area contributed by atoms with Gasteiger partial charge in [-0.25, -0.2) is 4.98 Å². The third-order valence-electron chi connectivity index (χ3n) is 5.07. The molecule has 0 aliphatic carbocycles. The smallest absolute Gasteiger partial charge is 0.191 e. The van der Waals surface area contributed by atoms with Gasteiger partial charge in [-0.2, -0.15) is 0 Å². The van der Waals surface area contributed by atoms with E-state index in [1.165, 1.54) is 22.0 Å². The van der Waals surface area contributed by atoms with Crippen molar-refractivity contribution in [1.82, 2.24) is 15.6 Å². The number of anilines is 1. The van der Waals surface area contributed by atoms with Crippen molar-refractivity contribution in [2.45, 2.75) is 26.2 Å². The second-order valence-corrected chi connectivity index (χ2v) is 8.18. The van der Waals surface area contributed by atoms with Gasteiger partial charge in [-0.15, -0.1) is 35.3 Å². The third-order valence-corrected chi connectivity index (χ3v) is 6.28. The van der Waals surface area contributed by atoms with E-state index in [0.717, 1.165) is 50.7 Å². The van der Waals surface area contributed by atoms with Crippen LogP contribution in [-0.2, 0) is 12.8 Å². The number of methoxy groups -OCH3 is 1.